The molecule has 1 N–H and O–H groups in total. The van der Waals surface area contributed by atoms with Gasteiger partial charge < -0.3 is 0 Å². The van der Waals surface area contributed by atoms with Crippen LogP contribution in [0.4, 0.5) is 0 Å². The molecule has 0 bridgehead atoms. The molecule has 0 amide bonds. The lowest BCUT2D eigenvalue weighted by atomic mass is 10.1. The lowest BCUT2D eigenvalue weighted by molar-refractivity contribution is 1.09. The molecule has 4 aromatic rings. The summed E-state index contributed by atoms with van der Waals surface area (Å²) in [5, 5.41) is 7.16. The number of para-hydroxylation sites is 2. The highest BCUT2D eigenvalue weighted by Crippen LogP contribution is 2.28. The topological polar surface area (TPSA) is 67.3 Å². The molecule has 21 heavy (non-hydrogen) atoms. The van der Waals surface area contributed by atoms with Crippen LogP contribution < -0.4 is 0 Å². The van der Waals surface area contributed by atoms with E-state index < -0.39 is 0 Å². The van der Waals surface area contributed by atoms with Crippen LogP contribution in [0.25, 0.3) is 33.5 Å². The molecule has 0 unspecified atom stereocenters. The molecule has 3 aromatic heterocycles. The van der Waals surface area contributed by atoms with Crippen LogP contribution in [-0.2, 0) is 0 Å². The van der Waals surface area contributed by atoms with Crippen molar-refractivity contribution in [1.82, 2.24) is 25.1 Å². The molecule has 3 heterocycles. The molecular weight excluding hydrogens is 262 g/mol. The predicted octanol–water partition coefficient (Wildman–Crippen LogP) is 3.08. The molecule has 100 valence electrons. The summed E-state index contributed by atoms with van der Waals surface area (Å²) < 4.78 is 0. The van der Waals surface area contributed by atoms with Crippen molar-refractivity contribution >= 4 is 11.0 Å². The molecule has 0 aliphatic carbocycles. The molecule has 1 aromatic carbocycles. The highest BCUT2D eigenvalue weighted by Gasteiger charge is 2.11. The van der Waals surface area contributed by atoms with Crippen LogP contribution in [0.2, 0.25) is 0 Å². The quantitative estimate of drug-likeness (QED) is 0.609. The largest absolute Gasteiger partial charge is 0.277 e. The molecule has 0 aliphatic heterocycles. The summed E-state index contributed by atoms with van der Waals surface area (Å²) in [4.78, 5) is 13.2. The number of aromatic nitrogens is 5. The third-order valence-corrected chi connectivity index (χ3v) is 3.33. The van der Waals surface area contributed by atoms with E-state index in [1.54, 1.807) is 24.8 Å². The van der Waals surface area contributed by atoms with E-state index >= 15 is 0 Å². The van der Waals surface area contributed by atoms with Crippen LogP contribution in [0.5, 0.6) is 0 Å². The summed E-state index contributed by atoms with van der Waals surface area (Å²) in [6.07, 6.45) is 7.06. The second kappa shape index (κ2) is 4.79. The van der Waals surface area contributed by atoms with Gasteiger partial charge in [-0.25, -0.2) is 4.98 Å². The van der Waals surface area contributed by atoms with E-state index in [0.29, 0.717) is 0 Å². The molecule has 0 atom stereocenters. The fourth-order valence-corrected chi connectivity index (χ4v) is 2.31. The van der Waals surface area contributed by atoms with E-state index in [-0.39, 0.29) is 0 Å². The standard InChI is InChI=1S/C16H11N5/c1-2-4-14-13(3-1)18-10-15(20-14)12-9-19-21-16(12)11-5-7-17-8-6-11/h1-10H,(H,19,21). The number of nitrogens with zero attached hydrogens (tertiary/aromatic N) is 4. The summed E-state index contributed by atoms with van der Waals surface area (Å²) in [6, 6.07) is 11.7. The van der Waals surface area contributed by atoms with Gasteiger partial charge in [-0.1, -0.05) is 12.1 Å². The first-order chi connectivity index (χ1) is 10.4. The second-order valence-corrected chi connectivity index (χ2v) is 4.64. The summed E-state index contributed by atoms with van der Waals surface area (Å²) in [6.45, 7) is 0. The lowest BCUT2D eigenvalue weighted by Gasteiger charge is -2.03. The number of aromatic amines is 1. The number of hydrogen-bond acceptors (Lipinski definition) is 4. The maximum atomic E-state index is 4.67. The normalized spacial score (nSPS) is 10.9. The second-order valence-electron chi connectivity index (χ2n) is 4.64. The van der Waals surface area contributed by atoms with Crippen LogP contribution >= 0.6 is 0 Å². The van der Waals surface area contributed by atoms with Crippen LogP contribution in [0.15, 0.2) is 61.2 Å². The molecular formula is C16H11N5. The molecule has 0 saturated heterocycles. The Bertz CT molecular complexity index is 899. The predicted molar refractivity (Wildman–Crippen MR) is 80.4 cm³/mol. The fourth-order valence-electron chi connectivity index (χ4n) is 2.31. The molecule has 5 heteroatoms. The Morgan fingerprint density at radius 3 is 2.52 bits per heavy atom. The number of rotatable bonds is 2. The number of fused-ring (bicyclic) bond motifs is 1. The van der Waals surface area contributed by atoms with Gasteiger partial charge in [-0.3, -0.25) is 15.1 Å². The Hall–Kier alpha value is -3.08. The third-order valence-electron chi connectivity index (χ3n) is 3.33. The number of nitrogens with one attached hydrogen (secondary N) is 1. The number of H-pyrrole nitrogens is 1. The minimum absolute atomic E-state index is 0.800. The van der Waals surface area contributed by atoms with Crippen molar-refractivity contribution in [2.24, 2.45) is 0 Å². The Kier molecular flexibility index (Phi) is 2.67. The zero-order valence-corrected chi connectivity index (χ0v) is 11.1. The number of pyridine rings is 1. The van der Waals surface area contributed by atoms with Crippen molar-refractivity contribution in [2.75, 3.05) is 0 Å². The average Bonchev–Trinajstić information content (AvgIpc) is 3.05. The summed E-state index contributed by atoms with van der Waals surface area (Å²) in [7, 11) is 0. The van der Waals surface area contributed by atoms with E-state index in [1.165, 1.54) is 0 Å². The first kappa shape index (κ1) is 11.7. The Morgan fingerprint density at radius 1 is 0.857 bits per heavy atom. The summed E-state index contributed by atoms with van der Waals surface area (Å²) in [5.41, 5.74) is 5.43. The van der Waals surface area contributed by atoms with E-state index in [1.807, 2.05) is 36.4 Å². The van der Waals surface area contributed by atoms with Crippen molar-refractivity contribution in [1.29, 1.82) is 0 Å². The third kappa shape index (κ3) is 2.04. The Morgan fingerprint density at radius 2 is 1.67 bits per heavy atom. The van der Waals surface area contributed by atoms with Gasteiger partial charge in [-0.05, 0) is 24.3 Å². The molecule has 5 nitrogen and oxygen atoms in total. The summed E-state index contributed by atoms with van der Waals surface area (Å²) in [5.74, 6) is 0. The number of hydrogen-bond donors (Lipinski definition) is 1. The van der Waals surface area contributed by atoms with Gasteiger partial charge in [0.2, 0.25) is 0 Å². The molecule has 0 spiro atoms. The fraction of sp³-hybridized carbons (Fsp3) is 0. The summed E-state index contributed by atoms with van der Waals surface area (Å²) >= 11 is 0. The van der Waals surface area contributed by atoms with Crippen LogP contribution in [0, 0.1) is 0 Å². The highest BCUT2D eigenvalue weighted by molar-refractivity contribution is 5.82. The van der Waals surface area contributed by atoms with Crippen molar-refractivity contribution in [3.63, 3.8) is 0 Å². The van der Waals surface area contributed by atoms with Gasteiger partial charge >= 0.3 is 0 Å². The van der Waals surface area contributed by atoms with Crippen molar-refractivity contribution in [3.8, 4) is 22.5 Å². The van der Waals surface area contributed by atoms with E-state index in [4.69, 9.17) is 0 Å². The van der Waals surface area contributed by atoms with Crippen LogP contribution in [0.1, 0.15) is 0 Å². The first-order valence-corrected chi connectivity index (χ1v) is 6.58. The van der Waals surface area contributed by atoms with Gasteiger partial charge in [0.1, 0.15) is 0 Å². The van der Waals surface area contributed by atoms with E-state index in [9.17, 15) is 0 Å². The van der Waals surface area contributed by atoms with Gasteiger partial charge in [0, 0.05) is 23.5 Å². The molecule has 0 radical (unpaired) electrons. The van der Waals surface area contributed by atoms with Crippen molar-refractivity contribution < 1.29 is 0 Å². The van der Waals surface area contributed by atoms with Gasteiger partial charge in [-0.2, -0.15) is 5.10 Å². The van der Waals surface area contributed by atoms with E-state index in [2.05, 4.69) is 25.1 Å². The SMILES string of the molecule is c1ccc2nc(-c3cn[nH]c3-c3ccncc3)cnc2c1. The van der Waals surface area contributed by atoms with Crippen molar-refractivity contribution in [3.05, 3.63) is 61.2 Å². The first-order valence-electron chi connectivity index (χ1n) is 6.58. The smallest absolute Gasteiger partial charge is 0.0930 e. The molecule has 0 saturated carbocycles. The van der Waals surface area contributed by atoms with Gasteiger partial charge in [0.15, 0.2) is 0 Å². The minimum atomic E-state index is 0.800. The Balaban J connectivity index is 1.88. The maximum Gasteiger partial charge on any atom is 0.0930 e. The highest BCUT2D eigenvalue weighted by atomic mass is 15.1. The number of benzene rings is 1. The van der Waals surface area contributed by atoms with E-state index in [0.717, 1.165) is 33.5 Å². The molecule has 0 aliphatic rings. The zero-order valence-electron chi connectivity index (χ0n) is 11.1. The molecule has 0 fully saturated rings. The van der Waals surface area contributed by atoms with Gasteiger partial charge in [0.25, 0.3) is 0 Å². The molecule has 4 rings (SSSR count). The van der Waals surface area contributed by atoms with Gasteiger partial charge in [0.05, 0.1) is 34.8 Å². The zero-order chi connectivity index (χ0) is 14.1. The average molecular weight is 273 g/mol. The lowest BCUT2D eigenvalue weighted by Crippen LogP contribution is -1.89. The van der Waals surface area contributed by atoms with Crippen LogP contribution in [-0.4, -0.2) is 25.1 Å². The monoisotopic (exact) mass is 273 g/mol. The Labute approximate surface area is 120 Å². The minimum Gasteiger partial charge on any atom is -0.277 e. The van der Waals surface area contributed by atoms with Gasteiger partial charge in [-0.15, -0.1) is 0 Å². The maximum absolute atomic E-state index is 4.67. The van der Waals surface area contributed by atoms with Crippen molar-refractivity contribution in [2.45, 2.75) is 0 Å². The van der Waals surface area contributed by atoms with Crippen LogP contribution in [0.3, 0.4) is 0 Å².